The molecule has 1 unspecified atom stereocenters. The standard InChI is InChI=1S/C29H41N3O6/c1-19(23-8-6-13-32(23)2)38-24-17-22(20-9-14-35-18-20)30-27(31-24)25(33)21-7-5-11-28(26(21)34)10-3-4-12-29(28)36-15-16-37-29/h17,19-21,23H,3-16,18H2,1-2H3/t19-,20+,21?,23-,28-/m0/s1. The summed E-state index contributed by atoms with van der Waals surface area (Å²) < 4.78 is 24.3. The van der Waals surface area contributed by atoms with Crippen molar-refractivity contribution in [3.8, 4) is 5.88 Å². The van der Waals surface area contributed by atoms with Gasteiger partial charge in [0.25, 0.3) is 0 Å². The van der Waals surface area contributed by atoms with Crippen LogP contribution in [0, 0.1) is 11.3 Å². The summed E-state index contributed by atoms with van der Waals surface area (Å²) in [5, 5.41) is 0. The first-order valence-electron chi connectivity index (χ1n) is 14.6. The van der Waals surface area contributed by atoms with E-state index in [4.69, 9.17) is 23.9 Å². The summed E-state index contributed by atoms with van der Waals surface area (Å²) in [5.74, 6) is -1.43. The van der Waals surface area contributed by atoms with Crippen molar-refractivity contribution in [2.45, 2.75) is 95.0 Å². The zero-order valence-electron chi connectivity index (χ0n) is 22.8. The summed E-state index contributed by atoms with van der Waals surface area (Å²) in [5.41, 5.74) is -0.00427. The number of hydrogen-bond donors (Lipinski definition) is 0. The molecule has 208 valence electrons. The lowest BCUT2D eigenvalue weighted by Crippen LogP contribution is -2.60. The first-order valence-corrected chi connectivity index (χ1v) is 14.6. The van der Waals surface area contributed by atoms with E-state index < -0.39 is 17.1 Å². The van der Waals surface area contributed by atoms with Crippen molar-refractivity contribution in [3.63, 3.8) is 0 Å². The number of aromatic nitrogens is 2. The summed E-state index contributed by atoms with van der Waals surface area (Å²) in [7, 11) is 2.12. The van der Waals surface area contributed by atoms with Crippen LogP contribution in [0.15, 0.2) is 6.07 Å². The predicted octanol–water partition coefficient (Wildman–Crippen LogP) is 3.70. The van der Waals surface area contributed by atoms with Crippen molar-refractivity contribution >= 4 is 11.6 Å². The molecule has 5 atom stereocenters. The maximum atomic E-state index is 14.2. The molecule has 0 N–H and O–H groups in total. The van der Waals surface area contributed by atoms with Gasteiger partial charge in [-0.1, -0.05) is 12.8 Å². The lowest BCUT2D eigenvalue weighted by atomic mass is 9.57. The van der Waals surface area contributed by atoms with Crippen molar-refractivity contribution in [2.75, 3.05) is 40.0 Å². The van der Waals surface area contributed by atoms with Gasteiger partial charge in [-0.25, -0.2) is 4.98 Å². The lowest BCUT2D eigenvalue weighted by molar-refractivity contribution is -0.255. The van der Waals surface area contributed by atoms with Crippen LogP contribution in [0.25, 0.3) is 0 Å². The molecule has 0 aromatic carbocycles. The Morgan fingerprint density at radius 3 is 2.58 bits per heavy atom. The van der Waals surface area contributed by atoms with E-state index in [0.29, 0.717) is 64.0 Å². The average molecular weight is 528 g/mol. The Kier molecular flexibility index (Phi) is 7.31. The number of carbonyl (C=O) groups excluding carboxylic acids is 2. The van der Waals surface area contributed by atoms with Gasteiger partial charge in [-0.15, -0.1) is 0 Å². The number of nitrogens with zero attached hydrogens (tertiary/aromatic N) is 3. The number of Topliss-reactive ketones (excluding diaryl/α,β-unsaturated/α-hetero) is 2. The summed E-state index contributed by atoms with van der Waals surface area (Å²) in [4.78, 5) is 39.9. The molecule has 1 aromatic heterocycles. The van der Waals surface area contributed by atoms with Crippen molar-refractivity contribution in [3.05, 3.63) is 17.6 Å². The van der Waals surface area contributed by atoms with E-state index in [0.717, 1.165) is 50.8 Å². The second kappa shape index (κ2) is 10.6. The van der Waals surface area contributed by atoms with E-state index in [1.165, 1.54) is 0 Å². The van der Waals surface area contributed by atoms with E-state index >= 15 is 0 Å². The van der Waals surface area contributed by atoms with Crippen LogP contribution in [0.4, 0.5) is 0 Å². The van der Waals surface area contributed by atoms with Crippen LogP contribution < -0.4 is 4.74 Å². The van der Waals surface area contributed by atoms with E-state index in [1.807, 2.05) is 6.07 Å². The number of hydrogen-bond acceptors (Lipinski definition) is 9. The maximum absolute atomic E-state index is 14.2. The predicted molar refractivity (Wildman–Crippen MR) is 138 cm³/mol. The first kappa shape index (κ1) is 26.3. The zero-order valence-corrected chi connectivity index (χ0v) is 22.8. The molecular formula is C29H41N3O6. The molecule has 0 bridgehead atoms. The number of ether oxygens (including phenoxy) is 4. The minimum atomic E-state index is -0.887. The maximum Gasteiger partial charge on any atom is 0.217 e. The second-order valence-corrected chi connectivity index (χ2v) is 11.9. The fraction of sp³-hybridized carbons (Fsp3) is 0.793. The molecule has 38 heavy (non-hydrogen) atoms. The Balaban J connectivity index is 1.30. The summed E-state index contributed by atoms with van der Waals surface area (Å²) in [6.45, 7) is 5.34. The van der Waals surface area contributed by atoms with Gasteiger partial charge in [-0.2, -0.15) is 4.98 Å². The Bertz CT molecular complexity index is 1050. The summed E-state index contributed by atoms with van der Waals surface area (Å²) in [6.07, 6.45) is 8.30. The molecule has 2 spiro atoms. The van der Waals surface area contributed by atoms with Crippen LogP contribution in [0.2, 0.25) is 0 Å². The quantitative estimate of drug-likeness (QED) is 0.405. The molecular weight excluding hydrogens is 486 g/mol. The van der Waals surface area contributed by atoms with E-state index in [9.17, 15) is 9.59 Å². The van der Waals surface area contributed by atoms with Gasteiger partial charge in [0.05, 0.1) is 36.8 Å². The SMILES string of the molecule is C[C@H](Oc1cc([C@@H]2CCOC2)nc(C(=O)C2CCC[C@@]3(CCCCC34OCCO4)C2=O)n1)[C@@H]1CCCN1C. The molecule has 5 aliphatic rings. The van der Waals surface area contributed by atoms with Gasteiger partial charge >= 0.3 is 0 Å². The highest BCUT2D eigenvalue weighted by Crippen LogP contribution is 2.56. The molecule has 6 rings (SSSR count). The van der Waals surface area contributed by atoms with Crippen molar-refractivity contribution in [1.29, 1.82) is 0 Å². The normalized spacial score (nSPS) is 34.3. The lowest BCUT2D eigenvalue weighted by Gasteiger charge is -2.51. The second-order valence-electron chi connectivity index (χ2n) is 11.9. The van der Waals surface area contributed by atoms with Gasteiger partial charge in [-0.3, -0.25) is 14.5 Å². The van der Waals surface area contributed by atoms with Crippen molar-refractivity contribution < 1.29 is 28.5 Å². The first-order chi connectivity index (χ1) is 18.4. The largest absolute Gasteiger partial charge is 0.473 e. The fourth-order valence-corrected chi connectivity index (χ4v) is 7.71. The average Bonchev–Trinajstić information content (AvgIpc) is 3.70. The van der Waals surface area contributed by atoms with Crippen LogP contribution in [0.5, 0.6) is 5.88 Å². The zero-order chi connectivity index (χ0) is 26.3. The van der Waals surface area contributed by atoms with Gasteiger partial charge in [0.2, 0.25) is 11.7 Å². The monoisotopic (exact) mass is 527 g/mol. The van der Waals surface area contributed by atoms with Crippen LogP contribution in [0.1, 0.15) is 93.4 Å². The Hall–Kier alpha value is -1.94. The fourth-order valence-electron chi connectivity index (χ4n) is 7.71. The number of rotatable bonds is 6. The van der Waals surface area contributed by atoms with E-state index in [-0.39, 0.29) is 29.4 Å². The minimum Gasteiger partial charge on any atom is -0.473 e. The van der Waals surface area contributed by atoms with Crippen molar-refractivity contribution in [2.24, 2.45) is 11.3 Å². The molecule has 9 nitrogen and oxygen atoms in total. The van der Waals surface area contributed by atoms with Gasteiger partial charge in [0.15, 0.2) is 17.4 Å². The van der Waals surface area contributed by atoms with Gasteiger partial charge < -0.3 is 18.9 Å². The van der Waals surface area contributed by atoms with Crippen LogP contribution in [0.3, 0.4) is 0 Å². The Morgan fingerprint density at radius 2 is 1.84 bits per heavy atom. The third-order valence-corrected chi connectivity index (χ3v) is 9.76. The number of likely N-dealkylation sites (N-methyl/N-ethyl adjacent to an activating group) is 1. The highest BCUT2D eigenvalue weighted by molar-refractivity contribution is 6.11. The smallest absolute Gasteiger partial charge is 0.217 e. The third-order valence-electron chi connectivity index (χ3n) is 9.76. The third kappa shape index (κ3) is 4.49. The molecule has 9 heteroatoms. The highest BCUT2D eigenvalue weighted by Gasteiger charge is 2.63. The number of carbonyl (C=O) groups is 2. The number of likely N-dealkylation sites (tertiary alicyclic amines) is 1. The van der Waals surface area contributed by atoms with E-state index in [1.54, 1.807) is 0 Å². The number of fused-ring (bicyclic) bond motifs is 1. The molecule has 2 saturated carbocycles. The van der Waals surface area contributed by atoms with Gasteiger partial charge in [0.1, 0.15) is 6.10 Å². The Labute approximate surface area is 225 Å². The minimum absolute atomic E-state index is 0.0445. The number of ketones is 2. The molecule has 5 fully saturated rings. The van der Waals surface area contributed by atoms with Gasteiger partial charge in [-0.05, 0) is 65.5 Å². The summed E-state index contributed by atoms with van der Waals surface area (Å²) >= 11 is 0. The highest BCUT2D eigenvalue weighted by atomic mass is 16.7. The molecule has 3 aliphatic heterocycles. The molecule has 3 saturated heterocycles. The Morgan fingerprint density at radius 1 is 1.05 bits per heavy atom. The van der Waals surface area contributed by atoms with Crippen LogP contribution in [-0.4, -0.2) is 84.4 Å². The van der Waals surface area contributed by atoms with Gasteiger partial charge in [0, 0.05) is 31.1 Å². The molecule has 2 aliphatic carbocycles. The van der Waals surface area contributed by atoms with Crippen LogP contribution >= 0.6 is 0 Å². The van der Waals surface area contributed by atoms with Crippen LogP contribution in [-0.2, 0) is 19.0 Å². The molecule has 0 amide bonds. The summed E-state index contributed by atoms with van der Waals surface area (Å²) in [6, 6.07) is 2.17. The van der Waals surface area contributed by atoms with Crippen molar-refractivity contribution in [1.82, 2.24) is 14.9 Å². The molecule has 0 radical (unpaired) electrons. The molecule has 4 heterocycles. The topological polar surface area (TPSA) is 100 Å². The van der Waals surface area contributed by atoms with E-state index in [2.05, 4.69) is 23.9 Å². The molecule has 1 aromatic rings.